The molecule has 1 fully saturated rings. The number of Topliss-reactive ketones (excluding diaryl/α,β-unsaturated/α-hetero) is 1. The van der Waals surface area contributed by atoms with E-state index in [1.165, 1.54) is 12.5 Å². The van der Waals surface area contributed by atoms with Crippen LogP contribution in [0.5, 0.6) is 0 Å². The van der Waals surface area contributed by atoms with E-state index in [0.29, 0.717) is 23.4 Å². The average molecular weight is 383 g/mol. The zero-order chi connectivity index (χ0) is 20.3. The summed E-state index contributed by atoms with van der Waals surface area (Å²) in [5.41, 5.74) is 4.79. The van der Waals surface area contributed by atoms with Gasteiger partial charge in [-0.2, -0.15) is 0 Å². The molecule has 1 aromatic heterocycles. The summed E-state index contributed by atoms with van der Waals surface area (Å²) in [6, 6.07) is 8.29. The van der Waals surface area contributed by atoms with Gasteiger partial charge in [0.2, 0.25) is 0 Å². The van der Waals surface area contributed by atoms with Gasteiger partial charge in [-0.3, -0.25) is 14.5 Å². The van der Waals surface area contributed by atoms with Crippen LogP contribution in [0.1, 0.15) is 57.1 Å². The normalized spacial score (nSPS) is 17.5. The minimum atomic E-state index is -0.194. The van der Waals surface area contributed by atoms with Gasteiger partial charge in [0.05, 0.1) is 12.7 Å². The maximum absolute atomic E-state index is 12.6. The van der Waals surface area contributed by atoms with Gasteiger partial charge in [-0.1, -0.05) is 24.3 Å². The van der Waals surface area contributed by atoms with Crippen LogP contribution < -0.4 is 5.32 Å². The van der Waals surface area contributed by atoms with Crippen molar-refractivity contribution in [2.75, 3.05) is 19.7 Å². The molecule has 1 aliphatic heterocycles. The number of hydrogen-bond acceptors (Lipinski definition) is 4. The molecule has 6 nitrogen and oxygen atoms in total. The number of ether oxygens (including phenoxy) is 1. The molecule has 6 heteroatoms. The fourth-order valence-corrected chi connectivity index (χ4v) is 3.91. The summed E-state index contributed by atoms with van der Waals surface area (Å²) in [5, 5.41) is 2.96. The Balaban J connectivity index is 1.62. The van der Waals surface area contributed by atoms with Gasteiger partial charge in [0.15, 0.2) is 5.78 Å². The summed E-state index contributed by atoms with van der Waals surface area (Å²) in [5.74, 6) is -0.226. The third kappa shape index (κ3) is 4.69. The van der Waals surface area contributed by atoms with Crippen LogP contribution in [0.2, 0.25) is 0 Å². The van der Waals surface area contributed by atoms with Crippen LogP contribution in [0, 0.1) is 13.8 Å². The molecule has 150 valence electrons. The average Bonchev–Trinajstić information content (AvgIpc) is 2.94. The third-order valence-electron chi connectivity index (χ3n) is 5.19. The van der Waals surface area contributed by atoms with E-state index in [4.69, 9.17) is 4.74 Å². The molecule has 1 atom stereocenters. The summed E-state index contributed by atoms with van der Waals surface area (Å²) in [6.45, 7) is 11.2. The molecule has 2 aromatic rings. The molecular weight excluding hydrogens is 354 g/mol. The molecule has 1 unspecified atom stereocenters. The second-order valence-corrected chi connectivity index (χ2v) is 7.60. The molecule has 1 saturated heterocycles. The lowest BCUT2D eigenvalue weighted by molar-refractivity contribution is -0.0212. The Kier molecular flexibility index (Phi) is 6.31. The maximum atomic E-state index is 12.6. The van der Waals surface area contributed by atoms with Gasteiger partial charge in [-0.15, -0.1) is 0 Å². The minimum absolute atomic E-state index is 0.0320. The van der Waals surface area contributed by atoms with E-state index in [1.54, 1.807) is 6.92 Å². The van der Waals surface area contributed by atoms with Gasteiger partial charge < -0.3 is 15.0 Å². The number of H-pyrrole nitrogens is 1. The lowest BCUT2D eigenvalue weighted by Gasteiger charge is -2.31. The van der Waals surface area contributed by atoms with Crippen LogP contribution in [-0.4, -0.2) is 47.4 Å². The lowest BCUT2D eigenvalue weighted by Crippen LogP contribution is -2.40. The Morgan fingerprint density at radius 3 is 2.71 bits per heavy atom. The number of hydrogen-bond donors (Lipinski definition) is 2. The Morgan fingerprint density at radius 1 is 1.29 bits per heavy atom. The molecule has 1 aromatic carbocycles. The molecule has 0 radical (unpaired) electrons. The smallest absolute Gasteiger partial charge is 0.268 e. The molecule has 0 aliphatic carbocycles. The molecule has 2 heterocycles. The summed E-state index contributed by atoms with van der Waals surface area (Å²) < 4.78 is 5.60. The van der Waals surface area contributed by atoms with Gasteiger partial charge in [0, 0.05) is 37.4 Å². The van der Waals surface area contributed by atoms with E-state index in [2.05, 4.69) is 34.3 Å². The number of carbonyl (C=O) groups is 2. The van der Waals surface area contributed by atoms with E-state index in [1.807, 2.05) is 19.1 Å². The number of aryl methyl sites for hydroxylation is 1. The number of nitrogens with one attached hydrogen (secondary N) is 2. The van der Waals surface area contributed by atoms with Crippen molar-refractivity contribution in [3.05, 3.63) is 57.9 Å². The quantitative estimate of drug-likeness (QED) is 0.752. The molecule has 0 spiro atoms. The zero-order valence-electron chi connectivity index (χ0n) is 17.1. The van der Waals surface area contributed by atoms with Crippen molar-refractivity contribution in [2.24, 2.45) is 0 Å². The third-order valence-corrected chi connectivity index (χ3v) is 5.19. The zero-order valence-corrected chi connectivity index (χ0v) is 17.1. The highest BCUT2D eigenvalue weighted by Crippen LogP contribution is 2.18. The number of benzene rings is 1. The SMILES string of the molecule is CC(=O)c1c(C)[nH]c(C(=O)NCc2cccc(CN3CCOC(C)C3)c2)c1C. The molecule has 0 bridgehead atoms. The van der Waals surface area contributed by atoms with Crippen LogP contribution in [0.3, 0.4) is 0 Å². The summed E-state index contributed by atoms with van der Waals surface area (Å²) in [6.07, 6.45) is 0.267. The lowest BCUT2D eigenvalue weighted by atomic mass is 10.1. The van der Waals surface area contributed by atoms with Crippen molar-refractivity contribution in [3.63, 3.8) is 0 Å². The second-order valence-electron chi connectivity index (χ2n) is 7.60. The molecule has 3 rings (SSSR count). The van der Waals surface area contributed by atoms with Gasteiger partial charge >= 0.3 is 0 Å². The standard InChI is InChI=1S/C22H29N3O3/c1-14-12-25(8-9-28-14)13-19-7-5-6-18(10-19)11-23-22(27)21-15(2)20(17(4)26)16(3)24-21/h5-7,10,14,24H,8-9,11-13H2,1-4H3,(H,23,27). The first kappa shape index (κ1) is 20.3. The van der Waals surface area contributed by atoms with E-state index < -0.39 is 0 Å². The van der Waals surface area contributed by atoms with Crippen molar-refractivity contribution < 1.29 is 14.3 Å². The minimum Gasteiger partial charge on any atom is -0.376 e. The van der Waals surface area contributed by atoms with Crippen LogP contribution in [-0.2, 0) is 17.8 Å². The highest BCUT2D eigenvalue weighted by atomic mass is 16.5. The van der Waals surface area contributed by atoms with Crippen LogP contribution >= 0.6 is 0 Å². The van der Waals surface area contributed by atoms with E-state index in [-0.39, 0.29) is 17.8 Å². The molecule has 1 aliphatic rings. The second kappa shape index (κ2) is 8.71. The van der Waals surface area contributed by atoms with Crippen molar-refractivity contribution in [2.45, 2.75) is 46.9 Å². The van der Waals surface area contributed by atoms with Crippen molar-refractivity contribution >= 4 is 11.7 Å². The molecule has 1 amide bonds. The Labute approximate surface area is 166 Å². The van der Waals surface area contributed by atoms with Crippen molar-refractivity contribution in [1.29, 1.82) is 0 Å². The largest absolute Gasteiger partial charge is 0.376 e. The summed E-state index contributed by atoms with van der Waals surface area (Å²) >= 11 is 0. The molecule has 0 saturated carbocycles. The number of ketones is 1. The van der Waals surface area contributed by atoms with Crippen LogP contribution in [0.25, 0.3) is 0 Å². The van der Waals surface area contributed by atoms with Gasteiger partial charge in [0.25, 0.3) is 5.91 Å². The summed E-state index contributed by atoms with van der Waals surface area (Å²) in [7, 11) is 0. The van der Waals surface area contributed by atoms with Crippen LogP contribution in [0.15, 0.2) is 24.3 Å². The van der Waals surface area contributed by atoms with Crippen molar-refractivity contribution in [1.82, 2.24) is 15.2 Å². The number of aromatic nitrogens is 1. The number of nitrogens with zero attached hydrogens (tertiary/aromatic N) is 1. The first-order valence-electron chi connectivity index (χ1n) is 9.75. The fraction of sp³-hybridized carbons (Fsp3) is 0.455. The number of rotatable bonds is 6. The highest BCUT2D eigenvalue weighted by Gasteiger charge is 2.20. The molecule has 28 heavy (non-hydrogen) atoms. The predicted molar refractivity (Wildman–Crippen MR) is 109 cm³/mol. The van der Waals surface area contributed by atoms with Crippen LogP contribution in [0.4, 0.5) is 0 Å². The number of aromatic amines is 1. The number of morpholine rings is 1. The number of carbonyl (C=O) groups excluding carboxylic acids is 2. The predicted octanol–water partition coefficient (Wildman–Crippen LogP) is 2.98. The first-order chi connectivity index (χ1) is 13.3. The molecule has 2 N–H and O–H groups in total. The van der Waals surface area contributed by atoms with Gasteiger partial charge in [-0.05, 0) is 44.4 Å². The topological polar surface area (TPSA) is 74.4 Å². The van der Waals surface area contributed by atoms with E-state index in [0.717, 1.165) is 37.5 Å². The van der Waals surface area contributed by atoms with Gasteiger partial charge in [-0.25, -0.2) is 0 Å². The Morgan fingerprint density at radius 2 is 2.04 bits per heavy atom. The van der Waals surface area contributed by atoms with E-state index in [9.17, 15) is 9.59 Å². The van der Waals surface area contributed by atoms with E-state index >= 15 is 0 Å². The van der Waals surface area contributed by atoms with Crippen molar-refractivity contribution in [3.8, 4) is 0 Å². The fourth-order valence-electron chi connectivity index (χ4n) is 3.91. The Bertz CT molecular complexity index is 872. The maximum Gasteiger partial charge on any atom is 0.268 e. The number of amides is 1. The van der Waals surface area contributed by atoms with Gasteiger partial charge in [0.1, 0.15) is 5.69 Å². The highest BCUT2D eigenvalue weighted by molar-refractivity contribution is 6.02. The summed E-state index contributed by atoms with van der Waals surface area (Å²) in [4.78, 5) is 29.8. The Hall–Kier alpha value is -2.44. The first-order valence-corrected chi connectivity index (χ1v) is 9.75. The monoisotopic (exact) mass is 383 g/mol. The molecular formula is C22H29N3O3.